The van der Waals surface area contributed by atoms with Crippen molar-refractivity contribution < 1.29 is 44.1 Å². The van der Waals surface area contributed by atoms with Crippen LogP contribution in [0.25, 0.3) is 0 Å². The third-order valence-corrected chi connectivity index (χ3v) is 8.59. The van der Waals surface area contributed by atoms with Gasteiger partial charge in [0, 0.05) is 43.8 Å². The summed E-state index contributed by atoms with van der Waals surface area (Å²) < 4.78 is 4.91. The quantitative estimate of drug-likeness (QED) is 0.229. The number of Topliss-reactive ketones (excluding diaryl/α,β-unsaturated/α-hetero) is 3. The molecule has 0 fully saturated rings. The largest absolute Gasteiger partial charge is 0.510 e. The van der Waals surface area contributed by atoms with Gasteiger partial charge in [-0.15, -0.1) is 0 Å². The average Bonchev–Trinajstić information content (AvgIpc) is 3.45. The molecule has 1 heterocycles. The summed E-state index contributed by atoms with van der Waals surface area (Å²) in [5.74, 6) is -7.39. The molecule has 6 N–H and O–H groups in total. The molecule has 3 aliphatic carbocycles. The number of benzene rings is 1. The van der Waals surface area contributed by atoms with E-state index in [1.54, 1.807) is 39.2 Å². The maximum absolute atomic E-state index is 14.1. The summed E-state index contributed by atoms with van der Waals surface area (Å²) in [5, 5.41) is 49.0. The number of primary amides is 1. The van der Waals surface area contributed by atoms with Crippen molar-refractivity contribution in [3.63, 3.8) is 0 Å². The molecule has 0 radical (unpaired) electrons. The summed E-state index contributed by atoms with van der Waals surface area (Å²) >= 11 is 0. The maximum atomic E-state index is 14.1. The van der Waals surface area contributed by atoms with E-state index in [9.17, 15) is 39.6 Å². The van der Waals surface area contributed by atoms with Crippen molar-refractivity contribution in [3.05, 3.63) is 63.4 Å². The molecule has 4 atom stereocenters. The van der Waals surface area contributed by atoms with Crippen LogP contribution < -0.4 is 10.6 Å². The Morgan fingerprint density at radius 2 is 1.86 bits per heavy atom. The van der Waals surface area contributed by atoms with Gasteiger partial charge in [0.1, 0.15) is 22.8 Å². The summed E-state index contributed by atoms with van der Waals surface area (Å²) in [7, 11) is 6.67. The zero-order valence-corrected chi connectivity index (χ0v) is 23.5. The molecule has 1 aromatic carbocycles. The zero-order valence-electron chi connectivity index (χ0n) is 23.5. The summed E-state index contributed by atoms with van der Waals surface area (Å²) in [6, 6.07) is 2.05. The number of ketones is 3. The van der Waals surface area contributed by atoms with Gasteiger partial charge in [-0.3, -0.25) is 24.1 Å². The van der Waals surface area contributed by atoms with E-state index in [0.717, 1.165) is 0 Å². The second-order valence-corrected chi connectivity index (χ2v) is 11.4. The van der Waals surface area contributed by atoms with Crippen molar-refractivity contribution in [2.45, 2.75) is 37.3 Å². The normalized spacial score (nSPS) is 25.3. The van der Waals surface area contributed by atoms with Gasteiger partial charge in [0.05, 0.1) is 17.8 Å². The first kappa shape index (κ1) is 29.0. The molecule has 0 bridgehead atoms. The van der Waals surface area contributed by atoms with Crippen molar-refractivity contribution in [2.75, 3.05) is 33.1 Å². The molecular formula is C29H32N4O9. The van der Waals surface area contributed by atoms with E-state index in [2.05, 4.69) is 5.16 Å². The molecular weight excluding hydrogens is 548 g/mol. The fourth-order valence-electron chi connectivity index (χ4n) is 6.67. The Hall–Kier alpha value is -4.49. The molecule has 0 saturated heterocycles. The smallest absolute Gasteiger partial charge is 0.255 e. The van der Waals surface area contributed by atoms with E-state index in [-0.39, 0.29) is 54.1 Å². The number of aliphatic hydroxyl groups excluding tert-OH is 2. The highest BCUT2D eigenvalue weighted by atomic mass is 16.5. The van der Waals surface area contributed by atoms with E-state index >= 15 is 0 Å². The Balaban J connectivity index is 1.64. The number of aryl methyl sites for hydroxylation is 1. The van der Waals surface area contributed by atoms with E-state index < -0.39 is 58.0 Å². The summed E-state index contributed by atoms with van der Waals surface area (Å²) in [6.45, 7) is 0. The minimum Gasteiger partial charge on any atom is -0.510 e. The summed E-state index contributed by atoms with van der Waals surface area (Å²) in [6.07, 6.45) is 1.50. The van der Waals surface area contributed by atoms with Crippen LogP contribution in [0.1, 0.15) is 44.9 Å². The molecule has 0 unspecified atom stereocenters. The van der Waals surface area contributed by atoms with Crippen molar-refractivity contribution in [1.82, 2.24) is 10.1 Å². The molecule has 42 heavy (non-hydrogen) atoms. The number of allylic oxidation sites excluding steroid dienone is 1. The van der Waals surface area contributed by atoms with Crippen LogP contribution >= 0.6 is 0 Å². The lowest BCUT2D eigenvalue weighted by molar-refractivity contribution is -0.148. The lowest BCUT2D eigenvalue weighted by Gasteiger charge is -2.50. The van der Waals surface area contributed by atoms with Crippen LogP contribution in [0.15, 0.2) is 45.5 Å². The number of nitrogens with two attached hydrogens (primary N) is 1. The van der Waals surface area contributed by atoms with E-state index in [1.807, 2.05) is 0 Å². The molecule has 1 amide bonds. The molecule has 0 saturated carbocycles. The minimum absolute atomic E-state index is 0.00711. The van der Waals surface area contributed by atoms with Gasteiger partial charge >= 0.3 is 0 Å². The van der Waals surface area contributed by atoms with Crippen LogP contribution in [0.3, 0.4) is 0 Å². The van der Waals surface area contributed by atoms with Crippen LogP contribution in [0.5, 0.6) is 5.75 Å². The number of carbonyl (C=O) groups excluding carboxylic acids is 4. The number of hydrogen-bond acceptors (Lipinski definition) is 12. The van der Waals surface area contributed by atoms with Gasteiger partial charge in [0.15, 0.2) is 11.4 Å². The third-order valence-electron chi connectivity index (χ3n) is 8.59. The lowest BCUT2D eigenvalue weighted by Crippen LogP contribution is -2.63. The minimum atomic E-state index is -2.72. The Labute approximate surface area is 240 Å². The van der Waals surface area contributed by atoms with Crippen molar-refractivity contribution >= 4 is 28.9 Å². The summed E-state index contributed by atoms with van der Waals surface area (Å²) in [4.78, 5) is 55.5. The number of amides is 1. The molecule has 13 heteroatoms. The number of nitrogens with zero attached hydrogens (tertiary/aromatic N) is 3. The number of phenols is 1. The number of likely N-dealkylation sites (N-methyl/N-ethyl adjacent to an activating group) is 1. The second kappa shape index (κ2) is 10.1. The molecule has 0 spiro atoms. The van der Waals surface area contributed by atoms with Crippen LogP contribution in [-0.2, 0) is 22.4 Å². The number of aromatic nitrogens is 1. The highest BCUT2D eigenvalue weighted by Crippen LogP contribution is 2.53. The number of aliphatic hydroxyl groups is 3. The van der Waals surface area contributed by atoms with Gasteiger partial charge < -0.3 is 35.6 Å². The molecule has 13 nitrogen and oxygen atoms in total. The van der Waals surface area contributed by atoms with Crippen LogP contribution in [0.4, 0.5) is 5.69 Å². The predicted molar refractivity (Wildman–Crippen MR) is 147 cm³/mol. The van der Waals surface area contributed by atoms with E-state index in [1.165, 1.54) is 17.2 Å². The first-order valence-corrected chi connectivity index (χ1v) is 13.3. The van der Waals surface area contributed by atoms with Crippen LogP contribution in [0.2, 0.25) is 0 Å². The first-order chi connectivity index (χ1) is 19.7. The number of phenolic OH excluding ortho intramolecular Hbond substituents is 1. The number of rotatable bonds is 7. The van der Waals surface area contributed by atoms with Crippen molar-refractivity contribution in [3.8, 4) is 5.75 Å². The molecule has 3 aliphatic rings. The van der Waals surface area contributed by atoms with Crippen molar-refractivity contribution in [2.24, 2.45) is 17.6 Å². The highest BCUT2D eigenvalue weighted by molar-refractivity contribution is 6.25. The molecule has 0 aliphatic heterocycles. The standard InChI is InChI=1S/C29H32N4O9/c1-32(2)16-11-12(5-6-17(34)18-7-8-31-42-18)23(35)20-14(16)9-13-10-15-22(33(3)4)25(37)21(28(30)40)27(39)29(15,41)26(38)19(13)24(20)36/h7-8,11,13,15,22,35,37-38,41H,5-6,9-10H2,1-4H3,(H2,30,40)/t13-,15-,22+,29-/m0/s1. The second-order valence-electron chi connectivity index (χ2n) is 11.4. The van der Waals surface area contributed by atoms with Gasteiger partial charge in [-0.1, -0.05) is 5.16 Å². The lowest BCUT2D eigenvalue weighted by atomic mass is 9.58. The molecule has 1 aromatic heterocycles. The predicted octanol–water partition coefficient (Wildman–Crippen LogP) is 0.990. The Kier molecular flexibility index (Phi) is 6.98. The first-order valence-electron chi connectivity index (χ1n) is 13.3. The van der Waals surface area contributed by atoms with Gasteiger partial charge in [-0.05, 0) is 56.5 Å². The number of aromatic hydroxyl groups is 1. The van der Waals surface area contributed by atoms with Gasteiger partial charge in [0.25, 0.3) is 5.91 Å². The van der Waals surface area contributed by atoms with E-state index in [0.29, 0.717) is 16.8 Å². The fraction of sp³-hybridized carbons (Fsp3) is 0.414. The monoisotopic (exact) mass is 580 g/mol. The van der Waals surface area contributed by atoms with Gasteiger partial charge in [-0.25, -0.2) is 0 Å². The molecule has 2 aromatic rings. The Morgan fingerprint density at radius 3 is 2.43 bits per heavy atom. The summed E-state index contributed by atoms with van der Waals surface area (Å²) in [5.41, 5.74) is 2.86. The number of hydrogen-bond donors (Lipinski definition) is 5. The zero-order chi connectivity index (χ0) is 30.8. The molecule has 222 valence electrons. The highest BCUT2D eigenvalue weighted by Gasteiger charge is 2.63. The van der Waals surface area contributed by atoms with Crippen LogP contribution in [0, 0.1) is 11.8 Å². The van der Waals surface area contributed by atoms with Gasteiger partial charge in [0.2, 0.25) is 17.3 Å². The maximum Gasteiger partial charge on any atom is 0.255 e. The topological polar surface area (TPSA) is 208 Å². The SMILES string of the molecule is CN(C)c1cc(CCC(=O)c2ccno2)c(O)c2c1C[C@H]1C[C@H]3[C@@H](N(C)C)C(O)=C(C(N)=O)C(=O)[C@@]3(O)C(O)=C1C2=O. The average molecular weight is 581 g/mol. The van der Waals surface area contributed by atoms with Crippen molar-refractivity contribution in [1.29, 1.82) is 0 Å². The van der Waals surface area contributed by atoms with Gasteiger partial charge in [-0.2, -0.15) is 0 Å². The molecule has 5 rings (SSSR count). The Morgan fingerprint density at radius 1 is 1.17 bits per heavy atom. The number of fused-ring (bicyclic) bond motifs is 3. The fourth-order valence-corrected chi connectivity index (χ4v) is 6.67. The van der Waals surface area contributed by atoms with E-state index in [4.69, 9.17) is 10.3 Å². The van der Waals surface area contributed by atoms with Crippen LogP contribution in [-0.4, -0.2) is 93.6 Å². The Bertz CT molecular complexity index is 1590. The third kappa shape index (κ3) is 4.10. The number of anilines is 1. The number of carbonyl (C=O) groups is 4.